The van der Waals surface area contributed by atoms with Crippen LogP contribution in [0.5, 0.6) is 11.5 Å². The molecule has 0 saturated carbocycles. The molecule has 0 radical (unpaired) electrons. The molecule has 4 heteroatoms. The van der Waals surface area contributed by atoms with Crippen LogP contribution in [0.2, 0.25) is 0 Å². The van der Waals surface area contributed by atoms with Crippen LogP contribution < -0.4 is 14.8 Å². The van der Waals surface area contributed by atoms with Crippen molar-refractivity contribution in [2.75, 3.05) is 40.9 Å². The second-order valence-corrected chi connectivity index (χ2v) is 7.44. The van der Waals surface area contributed by atoms with E-state index >= 15 is 0 Å². The first kappa shape index (κ1) is 19.7. The summed E-state index contributed by atoms with van der Waals surface area (Å²) in [5, 5.41) is 3.65. The van der Waals surface area contributed by atoms with Crippen molar-refractivity contribution in [2.24, 2.45) is 5.92 Å². The third-order valence-electron chi connectivity index (χ3n) is 5.58. The van der Waals surface area contributed by atoms with E-state index < -0.39 is 0 Å². The quantitative estimate of drug-likeness (QED) is 0.709. The Morgan fingerprint density at radius 2 is 1.67 bits per heavy atom. The third kappa shape index (κ3) is 5.24. The highest BCUT2D eigenvalue weighted by Gasteiger charge is 2.16. The zero-order valence-electron chi connectivity index (χ0n) is 16.8. The molecule has 1 aliphatic heterocycles. The van der Waals surface area contributed by atoms with Gasteiger partial charge in [-0.2, -0.15) is 0 Å². The molecule has 0 bridgehead atoms. The summed E-state index contributed by atoms with van der Waals surface area (Å²) in [6, 6.07) is 14.7. The van der Waals surface area contributed by atoms with Gasteiger partial charge in [0.2, 0.25) is 0 Å². The van der Waals surface area contributed by atoms with Crippen LogP contribution in [0.4, 0.5) is 0 Å². The summed E-state index contributed by atoms with van der Waals surface area (Å²) in [5.74, 6) is 2.41. The molecule has 146 valence electrons. The zero-order chi connectivity index (χ0) is 19.1. The number of piperidine rings is 1. The number of nitrogens with zero attached hydrogens (tertiary/aromatic N) is 1. The predicted molar refractivity (Wildman–Crippen MR) is 112 cm³/mol. The number of rotatable bonds is 8. The van der Waals surface area contributed by atoms with Crippen molar-refractivity contribution in [1.82, 2.24) is 10.2 Å². The molecular formula is C23H32N2O2. The summed E-state index contributed by atoms with van der Waals surface area (Å²) in [5.41, 5.74) is 3.63. The smallest absolute Gasteiger partial charge is 0.161 e. The Labute approximate surface area is 163 Å². The number of hydrogen-bond acceptors (Lipinski definition) is 4. The lowest BCUT2D eigenvalue weighted by atomic mass is 9.94. The van der Waals surface area contributed by atoms with Crippen LogP contribution in [0.3, 0.4) is 0 Å². The van der Waals surface area contributed by atoms with Gasteiger partial charge in [0.25, 0.3) is 0 Å². The lowest BCUT2D eigenvalue weighted by Crippen LogP contribution is -2.31. The van der Waals surface area contributed by atoms with Crippen LogP contribution in [0.15, 0.2) is 42.5 Å². The van der Waals surface area contributed by atoms with E-state index in [0.29, 0.717) is 0 Å². The van der Waals surface area contributed by atoms with Gasteiger partial charge in [0.05, 0.1) is 14.2 Å². The molecule has 1 saturated heterocycles. The van der Waals surface area contributed by atoms with Gasteiger partial charge in [-0.15, -0.1) is 0 Å². The van der Waals surface area contributed by atoms with E-state index in [0.717, 1.165) is 30.5 Å². The van der Waals surface area contributed by atoms with E-state index in [2.05, 4.69) is 53.7 Å². The van der Waals surface area contributed by atoms with E-state index in [-0.39, 0.29) is 0 Å². The Balaban J connectivity index is 1.67. The van der Waals surface area contributed by atoms with Crippen molar-refractivity contribution in [3.8, 4) is 22.6 Å². The summed E-state index contributed by atoms with van der Waals surface area (Å²) >= 11 is 0. The average molecular weight is 369 g/mol. The van der Waals surface area contributed by atoms with Crippen LogP contribution in [-0.2, 0) is 6.54 Å². The Morgan fingerprint density at radius 1 is 1.00 bits per heavy atom. The number of ether oxygens (including phenoxy) is 2. The molecule has 0 spiro atoms. The minimum absolute atomic E-state index is 0.770. The molecule has 0 atom stereocenters. The standard InChI is InChI=1S/C23H32N2O2/c1-25-13-10-18(11-14-25)9-12-24-17-20-15-22(26-2)23(27-3)16-21(20)19-7-5-4-6-8-19/h4-8,15-16,18,24H,9-14,17H2,1-3H3. The number of methoxy groups -OCH3 is 2. The molecule has 0 aromatic heterocycles. The molecule has 2 aromatic rings. The highest BCUT2D eigenvalue weighted by Crippen LogP contribution is 2.35. The van der Waals surface area contributed by atoms with Gasteiger partial charge < -0.3 is 19.7 Å². The molecule has 0 amide bonds. The fourth-order valence-corrected chi connectivity index (χ4v) is 3.83. The van der Waals surface area contributed by atoms with Crippen molar-refractivity contribution in [2.45, 2.75) is 25.8 Å². The topological polar surface area (TPSA) is 33.7 Å². The van der Waals surface area contributed by atoms with Gasteiger partial charge in [0, 0.05) is 6.54 Å². The van der Waals surface area contributed by atoms with Crippen LogP contribution in [0.25, 0.3) is 11.1 Å². The fourth-order valence-electron chi connectivity index (χ4n) is 3.83. The van der Waals surface area contributed by atoms with Crippen molar-refractivity contribution in [3.63, 3.8) is 0 Å². The van der Waals surface area contributed by atoms with Crippen molar-refractivity contribution >= 4 is 0 Å². The van der Waals surface area contributed by atoms with Crippen LogP contribution in [-0.4, -0.2) is 45.8 Å². The van der Waals surface area contributed by atoms with E-state index in [9.17, 15) is 0 Å². The molecule has 1 N–H and O–H groups in total. The Hall–Kier alpha value is -2.04. The van der Waals surface area contributed by atoms with Gasteiger partial charge in [-0.3, -0.25) is 0 Å². The second-order valence-electron chi connectivity index (χ2n) is 7.44. The number of nitrogens with one attached hydrogen (secondary N) is 1. The first-order chi connectivity index (χ1) is 13.2. The highest BCUT2D eigenvalue weighted by atomic mass is 16.5. The predicted octanol–water partition coefficient (Wildman–Crippen LogP) is 4.19. The molecule has 2 aromatic carbocycles. The van der Waals surface area contributed by atoms with Gasteiger partial charge in [0.15, 0.2) is 11.5 Å². The summed E-state index contributed by atoms with van der Waals surface area (Å²) in [7, 11) is 5.60. The summed E-state index contributed by atoms with van der Waals surface area (Å²) < 4.78 is 11.0. The number of likely N-dealkylation sites (tertiary alicyclic amines) is 1. The summed E-state index contributed by atoms with van der Waals surface area (Å²) in [6.07, 6.45) is 3.90. The lowest BCUT2D eigenvalue weighted by molar-refractivity contribution is 0.211. The van der Waals surface area contributed by atoms with Gasteiger partial charge in [0.1, 0.15) is 0 Å². The fraction of sp³-hybridized carbons (Fsp3) is 0.478. The van der Waals surface area contributed by atoms with E-state index in [4.69, 9.17) is 9.47 Å². The molecule has 27 heavy (non-hydrogen) atoms. The zero-order valence-corrected chi connectivity index (χ0v) is 16.8. The third-order valence-corrected chi connectivity index (χ3v) is 5.58. The number of benzene rings is 2. The molecule has 1 fully saturated rings. The Morgan fingerprint density at radius 3 is 2.33 bits per heavy atom. The van der Waals surface area contributed by atoms with E-state index in [1.54, 1.807) is 14.2 Å². The molecule has 1 heterocycles. The normalized spacial score (nSPS) is 15.7. The maximum absolute atomic E-state index is 5.52. The first-order valence-electron chi connectivity index (χ1n) is 9.91. The van der Waals surface area contributed by atoms with E-state index in [1.807, 2.05) is 6.07 Å². The average Bonchev–Trinajstić information content (AvgIpc) is 2.72. The first-order valence-corrected chi connectivity index (χ1v) is 9.91. The SMILES string of the molecule is COc1cc(CNCCC2CCN(C)CC2)c(-c2ccccc2)cc1OC. The van der Waals surface area contributed by atoms with Crippen LogP contribution in [0.1, 0.15) is 24.8 Å². The largest absolute Gasteiger partial charge is 0.493 e. The Kier molecular flexibility index (Phi) is 7.13. The second kappa shape index (κ2) is 9.77. The molecule has 1 aliphatic rings. The minimum Gasteiger partial charge on any atom is -0.493 e. The molecule has 0 aliphatic carbocycles. The highest BCUT2D eigenvalue weighted by molar-refractivity contribution is 5.71. The van der Waals surface area contributed by atoms with Crippen molar-refractivity contribution in [3.05, 3.63) is 48.0 Å². The minimum atomic E-state index is 0.770. The lowest BCUT2D eigenvalue weighted by Gasteiger charge is -2.29. The molecular weight excluding hydrogens is 336 g/mol. The van der Waals surface area contributed by atoms with Crippen molar-refractivity contribution in [1.29, 1.82) is 0 Å². The maximum atomic E-state index is 5.52. The summed E-state index contributed by atoms with van der Waals surface area (Å²) in [6.45, 7) is 4.35. The number of hydrogen-bond donors (Lipinski definition) is 1. The van der Waals surface area contributed by atoms with Gasteiger partial charge >= 0.3 is 0 Å². The monoisotopic (exact) mass is 368 g/mol. The van der Waals surface area contributed by atoms with Crippen LogP contribution >= 0.6 is 0 Å². The van der Waals surface area contributed by atoms with Crippen LogP contribution in [0, 0.1) is 5.92 Å². The molecule has 4 nitrogen and oxygen atoms in total. The van der Waals surface area contributed by atoms with Gasteiger partial charge in [-0.25, -0.2) is 0 Å². The summed E-state index contributed by atoms with van der Waals surface area (Å²) in [4.78, 5) is 2.43. The molecule has 3 rings (SSSR count). The van der Waals surface area contributed by atoms with Crippen molar-refractivity contribution < 1.29 is 9.47 Å². The Bertz CT molecular complexity index is 710. The molecule has 0 unspecified atom stereocenters. The van der Waals surface area contributed by atoms with Gasteiger partial charge in [-0.05, 0) is 80.7 Å². The van der Waals surface area contributed by atoms with Gasteiger partial charge in [-0.1, -0.05) is 30.3 Å². The van der Waals surface area contributed by atoms with E-state index in [1.165, 1.54) is 49.0 Å². The maximum Gasteiger partial charge on any atom is 0.161 e.